The summed E-state index contributed by atoms with van der Waals surface area (Å²) in [5.41, 5.74) is 3.73. The van der Waals surface area contributed by atoms with Gasteiger partial charge in [-0.05, 0) is 68.5 Å². The number of aryl methyl sites for hydroxylation is 3. The van der Waals surface area contributed by atoms with E-state index in [1.165, 1.54) is 21.6 Å². The van der Waals surface area contributed by atoms with Gasteiger partial charge in [0.1, 0.15) is 6.04 Å². The van der Waals surface area contributed by atoms with Gasteiger partial charge in [0.15, 0.2) is 0 Å². The summed E-state index contributed by atoms with van der Waals surface area (Å²) in [6.07, 6.45) is 0. The number of nitrogens with one attached hydrogen (secondary N) is 1. The van der Waals surface area contributed by atoms with Gasteiger partial charge < -0.3 is 4.74 Å². The Hall–Kier alpha value is -1.00. The minimum absolute atomic E-state index is 0.153. The topological polar surface area (TPSA) is 38.3 Å². The molecule has 1 aromatic carbocycles. The minimum atomic E-state index is -0.310. The Labute approximate surface area is 152 Å². The molecule has 3 nitrogen and oxygen atoms in total. The van der Waals surface area contributed by atoms with Crippen LogP contribution in [0.1, 0.15) is 51.3 Å². The third-order valence-electron chi connectivity index (χ3n) is 4.36. The van der Waals surface area contributed by atoms with Gasteiger partial charge in [0, 0.05) is 4.90 Å². The van der Waals surface area contributed by atoms with Crippen molar-refractivity contribution >= 4 is 17.9 Å². The van der Waals surface area contributed by atoms with E-state index in [1.807, 2.05) is 6.92 Å². The van der Waals surface area contributed by atoms with E-state index in [1.54, 1.807) is 11.9 Å². The molecular formula is C20H33NO2S. The van der Waals surface area contributed by atoms with Crippen LogP contribution in [0, 0.1) is 38.5 Å². The number of benzene rings is 1. The fourth-order valence-electron chi connectivity index (χ4n) is 3.51. The zero-order valence-corrected chi connectivity index (χ0v) is 17.2. The monoisotopic (exact) mass is 351 g/mol. The van der Waals surface area contributed by atoms with E-state index >= 15 is 0 Å². The van der Waals surface area contributed by atoms with Crippen LogP contribution in [-0.4, -0.2) is 18.6 Å². The molecule has 1 rings (SSSR count). The summed E-state index contributed by atoms with van der Waals surface area (Å²) >= 11 is 1.56. The molecule has 0 saturated carbocycles. The van der Waals surface area contributed by atoms with E-state index in [9.17, 15) is 4.79 Å². The zero-order valence-electron chi connectivity index (χ0n) is 16.4. The lowest BCUT2D eigenvalue weighted by atomic mass is 9.80. The van der Waals surface area contributed by atoms with Crippen LogP contribution in [0.3, 0.4) is 0 Å². The van der Waals surface area contributed by atoms with Gasteiger partial charge in [-0.15, -0.1) is 0 Å². The molecular weight excluding hydrogens is 318 g/mol. The fraction of sp³-hybridized carbons (Fsp3) is 0.650. The van der Waals surface area contributed by atoms with Crippen LogP contribution >= 0.6 is 11.9 Å². The van der Waals surface area contributed by atoms with E-state index in [2.05, 4.69) is 65.3 Å². The fourth-order valence-corrected chi connectivity index (χ4v) is 4.44. The molecule has 1 aromatic rings. The average Bonchev–Trinajstić information content (AvgIpc) is 2.43. The summed E-state index contributed by atoms with van der Waals surface area (Å²) in [4.78, 5) is 13.7. The van der Waals surface area contributed by atoms with Gasteiger partial charge in [0.05, 0.1) is 6.61 Å². The van der Waals surface area contributed by atoms with E-state index in [4.69, 9.17) is 4.74 Å². The summed E-state index contributed by atoms with van der Waals surface area (Å²) < 4.78 is 8.77. The molecule has 0 aliphatic heterocycles. The van der Waals surface area contributed by atoms with Crippen molar-refractivity contribution < 1.29 is 9.53 Å². The Bertz CT molecular complexity index is 524. The van der Waals surface area contributed by atoms with Crippen LogP contribution < -0.4 is 4.72 Å². The first-order chi connectivity index (χ1) is 11.2. The lowest BCUT2D eigenvalue weighted by molar-refractivity contribution is -0.147. The van der Waals surface area contributed by atoms with Crippen LogP contribution in [0.25, 0.3) is 0 Å². The van der Waals surface area contributed by atoms with E-state index < -0.39 is 0 Å². The predicted octanol–water partition coefficient (Wildman–Crippen LogP) is 5.07. The lowest BCUT2D eigenvalue weighted by Crippen LogP contribution is -2.45. The molecule has 0 saturated heterocycles. The smallest absolute Gasteiger partial charge is 0.324 e. The molecule has 0 heterocycles. The molecule has 0 aliphatic carbocycles. The number of carbonyl (C=O) groups is 1. The van der Waals surface area contributed by atoms with Crippen molar-refractivity contribution in [1.29, 1.82) is 0 Å². The molecule has 0 amide bonds. The highest BCUT2D eigenvalue weighted by molar-refractivity contribution is 7.97. The van der Waals surface area contributed by atoms with Gasteiger partial charge in [0.2, 0.25) is 0 Å². The lowest BCUT2D eigenvalue weighted by Gasteiger charge is -2.32. The number of hydrogen-bond donors (Lipinski definition) is 1. The highest BCUT2D eigenvalue weighted by Crippen LogP contribution is 2.30. The van der Waals surface area contributed by atoms with Crippen molar-refractivity contribution in [2.75, 3.05) is 6.61 Å². The van der Waals surface area contributed by atoms with Crippen LogP contribution in [0.2, 0.25) is 0 Å². The summed E-state index contributed by atoms with van der Waals surface area (Å²) in [6, 6.07) is 4.05. The third-order valence-corrected chi connectivity index (χ3v) is 5.58. The largest absolute Gasteiger partial charge is 0.465 e. The molecule has 1 N–H and O–H groups in total. The molecule has 1 unspecified atom stereocenters. The molecule has 1 atom stereocenters. The Kier molecular flexibility index (Phi) is 8.31. The van der Waals surface area contributed by atoms with E-state index in [0.717, 1.165) is 0 Å². The molecule has 4 heteroatoms. The summed E-state index contributed by atoms with van der Waals surface area (Å²) in [6.45, 7) is 17.3. The van der Waals surface area contributed by atoms with Crippen molar-refractivity contribution in [3.63, 3.8) is 0 Å². The van der Waals surface area contributed by atoms with Gasteiger partial charge in [-0.1, -0.05) is 45.4 Å². The normalized spacial score (nSPS) is 13.0. The van der Waals surface area contributed by atoms with E-state index in [-0.39, 0.29) is 17.9 Å². The van der Waals surface area contributed by atoms with Gasteiger partial charge in [0.25, 0.3) is 0 Å². The molecule has 24 heavy (non-hydrogen) atoms. The Morgan fingerprint density at radius 3 is 2.00 bits per heavy atom. The van der Waals surface area contributed by atoms with Crippen molar-refractivity contribution in [3.05, 3.63) is 28.8 Å². The first kappa shape index (κ1) is 21.0. The maximum Gasteiger partial charge on any atom is 0.324 e. The number of carbonyl (C=O) groups excluding carboxylic acids is 1. The maximum atomic E-state index is 12.5. The van der Waals surface area contributed by atoms with Crippen molar-refractivity contribution in [2.24, 2.45) is 17.8 Å². The molecule has 136 valence electrons. The molecule has 0 aliphatic rings. The van der Waals surface area contributed by atoms with Crippen molar-refractivity contribution in [1.82, 2.24) is 4.72 Å². The second-order valence-corrected chi connectivity index (χ2v) is 8.09. The van der Waals surface area contributed by atoms with Gasteiger partial charge >= 0.3 is 5.97 Å². The molecule has 0 aromatic heterocycles. The van der Waals surface area contributed by atoms with E-state index in [0.29, 0.717) is 18.4 Å². The van der Waals surface area contributed by atoms with Crippen LogP contribution in [-0.2, 0) is 9.53 Å². The zero-order chi connectivity index (χ0) is 18.4. The highest BCUT2D eigenvalue weighted by Gasteiger charge is 2.34. The van der Waals surface area contributed by atoms with Crippen LogP contribution in [0.5, 0.6) is 0 Å². The Morgan fingerprint density at radius 1 is 1.08 bits per heavy atom. The first-order valence-corrected chi connectivity index (χ1v) is 9.67. The SMILES string of the molecule is CCOC(=O)C(NSc1c(C)cc(C)cc1C)C(C(C)C)C(C)C. The van der Waals surface area contributed by atoms with Gasteiger partial charge in [-0.3, -0.25) is 4.79 Å². The van der Waals surface area contributed by atoms with Crippen LogP contribution in [0.4, 0.5) is 0 Å². The second-order valence-electron chi connectivity index (χ2n) is 7.24. The maximum absolute atomic E-state index is 12.5. The van der Waals surface area contributed by atoms with Gasteiger partial charge in [-0.25, -0.2) is 4.72 Å². The number of esters is 1. The molecule has 0 fully saturated rings. The first-order valence-electron chi connectivity index (χ1n) is 8.85. The second kappa shape index (κ2) is 9.47. The van der Waals surface area contributed by atoms with Crippen molar-refractivity contribution in [3.8, 4) is 0 Å². The molecule has 0 radical (unpaired) electrons. The third kappa shape index (κ3) is 5.52. The Balaban J connectivity index is 3.03. The Morgan fingerprint density at radius 2 is 1.58 bits per heavy atom. The number of rotatable bonds is 8. The van der Waals surface area contributed by atoms with Crippen LogP contribution in [0.15, 0.2) is 17.0 Å². The average molecular weight is 352 g/mol. The van der Waals surface area contributed by atoms with Gasteiger partial charge in [-0.2, -0.15) is 0 Å². The van der Waals surface area contributed by atoms with Crippen molar-refractivity contribution in [2.45, 2.75) is 66.3 Å². The molecule has 0 bridgehead atoms. The quantitative estimate of drug-likeness (QED) is 0.524. The summed E-state index contributed by atoms with van der Waals surface area (Å²) in [5.74, 6) is 0.864. The molecule has 0 spiro atoms. The summed E-state index contributed by atoms with van der Waals surface area (Å²) in [5, 5.41) is 0. The minimum Gasteiger partial charge on any atom is -0.465 e. The highest BCUT2D eigenvalue weighted by atomic mass is 32.2. The summed E-state index contributed by atoms with van der Waals surface area (Å²) in [7, 11) is 0. The standard InChI is InChI=1S/C20H33NO2S/c1-9-23-20(22)18(17(12(2)3)13(4)5)21-24-19-15(7)10-14(6)11-16(19)8/h10-13,17-18,21H,9H2,1-8H3. The number of ether oxygens (including phenoxy) is 1. The number of hydrogen-bond acceptors (Lipinski definition) is 4. The predicted molar refractivity (Wildman–Crippen MR) is 103 cm³/mol.